The van der Waals surface area contributed by atoms with Gasteiger partial charge in [-0.25, -0.2) is 5.90 Å². The summed E-state index contributed by atoms with van der Waals surface area (Å²) in [7, 11) is 0. The largest absolute Gasteiger partial charge is 0.394 e. The Hall–Kier alpha value is -0.160. The van der Waals surface area contributed by atoms with Gasteiger partial charge in [-0.05, 0) is 18.8 Å². The Kier molecular flexibility index (Phi) is 3.97. The molecule has 0 radical (unpaired) electrons. The highest BCUT2D eigenvalue weighted by molar-refractivity contribution is 4.87. The van der Waals surface area contributed by atoms with Crippen LogP contribution in [0.2, 0.25) is 0 Å². The molecular weight excluding hydrogens is 194 g/mol. The molecule has 4 heteroatoms. The highest BCUT2D eigenvalue weighted by Crippen LogP contribution is 2.35. The molecule has 1 saturated carbocycles. The van der Waals surface area contributed by atoms with Crippen LogP contribution in [0.4, 0.5) is 0 Å². The smallest absolute Gasteiger partial charge is 0.110 e. The van der Waals surface area contributed by atoms with Crippen LogP contribution in [0.5, 0.6) is 0 Å². The van der Waals surface area contributed by atoms with Crippen LogP contribution in [-0.2, 0) is 9.57 Å². The molecule has 0 aromatic rings. The standard InChI is InChI=1S/C11H21NO3/c12-15-10-6-9(14-11(10)7-13)8-4-2-1-3-5-8/h8-11,13H,1-7,12H2/t9-,10?,11?/m1/s1. The van der Waals surface area contributed by atoms with Crippen molar-refractivity contribution < 1.29 is 14.7 Å². The van der Waals surface area contributed by atoms with E-state index in [-0.39, 0.29) is 24.9 Å². The van der Waals surface area contributed by atoms with Gasteiger partial charge in [0.2, 0.25) is 0 Å². The van der Waals surface area contributed by atoms with Crippen molar-refractivity contribution in [2.45, 2.75) is 56.8 Å². The van der Waals surface area contributed by atoms with E-state index in [4.69, 9.17) is 20.6 Å². The Morgan fingerprint density at radius 2 is 2.00 bits per heavy atom. The number of aliphatic hydroxyl groups is 1. The highest BCUT2D eigenvalue weighted by Gasteiger charge is 2.39. The molecule has 1 aliphatic heterocycles. The molecule has 0 spiro atoms. The number of nitrogens with two attached hydrogens (primary N) is 1. The van der Waals surface area contributed by atoms with E-state index in [2.05, 4.69) is 0 Å². The van der Waals surface area contributed by atoms with E-state index >= 15 is 0 Å². The van der Waals surface area contributed by atoms with Crippen molar-refractivity contribution >= 4 is 0 Å². The third-order valence-electron chi connectivity index (χ3n) is 3.76. The second kappa shape index (κ2) is 5.25. The van der Waals surface area contributed by atoms with E-state index in [0.29, 0.717) is 5.92 Å². The average Bonchev–Trinajstić information content (AvgIpc) is 2.73. The normalized spacial score (nSPS) is 38.4. The van der Waals surface area contributed by atoms with Gasteiger partial charge in [-0.15, -0.1) is 0 Å². The monoisotopic (exact) mass is 215 g/mol. The molecule has 88 valence electrons. The summed E-state index contributed by atoms with van der Waals surface area (Å²) in [6, 6.07) is 0. The first-order chi connectivity index (χ1) is 7.35. The minimum atomic E-state index is -0.220. The quantitative estimate of drug-likeness (QED) is 0.689. The lowest BCUT2D eigenvalue weighted by molar-refractivity contribution is -0.0603. The van der Waals surface area contributed by atoms with E-state index in [1.807, 2.05) is 0 Å². The molecular formula is C11H21NO3. The fourth-order valence-corrected chi connectivity index (χ4v) is 2.86. The summed E-state index contributed by atoms with van der Waals surface area (Å²) < 4.78 is 5.80. The van der Waals surface area contributed by atoms with Gasteiger partial charge in [0.1, 0.15) is 12.2 Å². The van der Waals surface area contributed by atoms with E-state index in [1.165, 1.54) is 32.1 Å². The number of aliphatic hydroxyl groups excluding tert-OH is 1. The lowest BCUT2D eigenvalue weighted by Crippen LogP contribution is -2.30. The van der Waals surface area contributed by atoms with Crippen LogP contribution in [0.3, 0.4) is 0 Å². The molecule has 15 heavy (non-hydrogen) atoms. The predicted molar refractivity (Wildman–Crippen MR) is 56.0 cm³/mol. The molecule has 3 atom stereocenters. The summed E-state index contributed by atoms with van der Waals surface area (Å²) in [6.07, 6.45) is 7.21. The molecule has 1 saturated heterocycles. The van der Waals surface area contributed by atoms with E-state index < -0.39 is 0 Å². The highest BCUT2D eigenvalue weighted by atomic mass is 16.6. The van der Waals surface area contributed by atoms with Gasteiger partial charge < -0.3 is 9.84 Å². The van der Waals surface area contributed by atoms with Crippen LogP contribution in [0, 0.1) is 5.92 Å². The van der Waals surface area contributed by atoms with Crippen LogP contribution < -0.4 is 5.90 Å². The number of hydrogen-bond acceptors (Lipinski definition) is 4. The van der Waals surface area contributed by atoms with Crippen molar-refractivity contribution in [3.8, 4) is 0 Å². The van der Waals surface area contributed by atoms with Crippen LogP contribution >= 0.6 is 0 Å². The molecule has 0 aromatic heterocycles. The van der Waals surface area contributed by atoms with Crippen molar-refractivity contribution in [1.29, 1.82) is 0 Å². The topological polar surface area (TPSA) is 64.7 Å². The summed E-state index contributed by atoms with van der Waals surface area (Å²) in [5, 5.41) is 9.12. The summed E-state index contributed by atoms with van der Waals surface area (Å²) in [5.74, 6) is 5.85. The first kappa shape index (κ1) is 11.3. The third kappa shape index (κ3) is 2.50. The van der Waals surface area contributed by atoms with Gasteiger partial charge in [0, 0.05) is 6.42 Å². The van der Waals surface area contributed by atoms with Crippen LogP contribution in [0.25, 0.3) is 0 Å². The van der Waals surface area contributed by atoms with E-state index in [0.717, 1.165) is 6.42 Å². The Morgan fingerprint density at radius 3 is 2.53 bits per heavy atom. The zero-order valence-corrected chi connectivity index (χ0v) is 9.10. The number of hydrogen-bond donors (Lipinski definition) is 2. The molecule has 1 heterocycles. The zero-order chi connectivity index (χ0) is 10.7. The van der Waals surface area contributed by atoms with Gasteiger partial charge in [0.25, 0.3) is 0 Å². The maximum Gasteiger partial charge on any atom is 0.110 e. The Labute approximate surface area is 90.7 Å². The maximum atomic E-state index is 9.12. The molecule has 4 nitrogen and oxygen atoms in total. The SMILES string of the molecule is NOC1C[C@H](C2CCCCC2)OC1CO. The second-order valence-corrected chi connectivity index (χ2v) is 4.70. The molecule has 2 rings (SSSR count). The number of ether oxygens (including phenoxy) is 1. The van der Waals surface area contributed by atoms with Crippen molar-refractivity contribution in [3.63, 3.8) is 0 Å². The average molecular weight is 215 g/mol. The molecule has 3 N–H and O–H groups in total. The molecule has 2 aliphatic rings. The van der Waals surface area contributed by atoms with Crippen molar-refractivity contribution in [1.82, 2.24) is 0 Å². The first-order valence-corrected chi connectivity index (χ1v) is 5.97. The second-order valence-electron chi connectivity index (χ2n) is 4.70. The van der Waals surface area contributed by atoms with Crippen LogP contribution in [0.15, 0.2) is 0 Å². The molecule has 2 fully saturated rings. The first-order valence-electron chi connectivity index (χ1n) is 5.97. The Morgan fingerprint density at radius 1 is 1.27 bits per heavy atom. The zero-order valence-electron chi connectivity index (χ0n) is 9.10. The minimum absolute atomic E-state index is 0.00505. The van der Waals surface area contributed by atoms with Crippen molar-refractivity contribution in [3.05, 3.63) is 0 Å². The van der Waals surface area contributed by atoms with E-state index in [9.17, 15) is 0 Å². The summed E-state index contributed by atoms with van der Waals surface area (Å²) in [4.78, 5) is 4.85. The third-order valence-corrected chi connectivity index (χ3v) is 3.76. The molecule has 1 aliphatic carbocycles. The fourth-order valence-electron chi connectivity index (χ4n) is 2.86. The van der Waals surface area contributed by atoms with Crippen molar-refractivity contribution in [2.24, 2.45) is 11.8 Å². The van der Waals surface area contributed by atoms with Gasteiger partial charge in [-0.1, -0.05) is 19.3 Å². The predicted octanol–water partition coefficient (Wildman–Crippen LogP) is 0.975. The molecule has 0 aromatic carbocycles. The molecule has 2 unspecified atom stereocenters. The minimum Gasteiger partial charge on any atom is -0.394 e. The van der Waals surface area contributed by atoms with Gasteiger partial charge >= 0.3 is 0 Å². The lowest BCUT2D eigenvalue weighted by atomic mass is 9.84. The van der Waals surface area contributed by atoms with Gasteiger partial charge in [-0.2, -0.15) is 0 Å². The van der Waals surface area contributed by atoms with Crippen LogP contribution in [-0.4, -0.2) is 30.0 Å². The van der Waals surface area contributed by atoms with Crippen molar-refractivity contribution in [2.75, 3.05) is 6.61 Å². The lowest BCUT2D eigenvalue weighted by Gasteiger charge is -2.26. The molecule has 0 amide bonds. The number of rotatable bonds is 3. The Balaban J connectivity index is 1.88. The van der Waals surface area contributed by atoms with Gasteiger partial charge in [0.05, 0.1) is 12.7 Å². The summed E-state index contributed by atoms with van der Waals surface area (Å²) in [5.41, 5.74) is 0. The van der Waals surface area contributed by atoms with Crippen LogP contribution in [0.1, 0.15) is 38.5 Å². The maximum absolute atomic E-state index is 9.12. The fraction of sp³-hybridized carbons (Fsp3) is 1.00. The molecule has 0 bridgehead atoms. The van der Waals surface area contributed by atoms with E-state index in [1.54, 1.807) is 0 Å². The Bertz CT molecular complexity index is 182. The van der Waals surface area contributed by atoms with Gasteiger partial charge in [0.15, 0.2) is 0 Å². The summed E-state index contributed by atoms with van der Waals surface area (Å²) in [6.45, 7) is 0.00505. The summed E-state index contributed by atoms with van der Waals surface area (Å²) >= 11 is 0. The van der Waals surface area contributed by atoms with Gasteiger partial charge in [-0.3, -0.25) is 4.84 Å².